The lowest BCUT2D eigenvalue weighted by Gasteiger charge is -2.15. The van der Waals surface area contributed by atoms with Crippen molar-refractivity contribution in [2.45, 2.75) is 18.6 Å². The van der Waals surface area contributed by atoms with E-state index in [0.29, 0.717) is 0 Å². The summed E-state index contributed by atoms with van der Waals surface area (Å²) in [6.07, 6.45) is -2.86. The minimum absolute atomic E-state index is 0.152. The van der Waals surface area contributed by atoms with E-state index in [4.69, 9.17) is 10.2 Å². The zero-order chi connectivity index (χ0) is 12.3. The fourth-order valence-electron chi connectivity index (χ4n) is 1.19. The molecule has 8 heteroatoms. The van der Waals surface area contributed by atoms with Crippen molar-refractivity contribution in [2.75, 3.05) is 0 Å². The summed E-state index contributed by atoms with van der Waals surface area (Å²) in [5.41, 5.74) is -0.529. The van der Waals surface area contributed by atoms with Crippen LogP contribution in [0.3, 0.4) is 0 Å². The van der Waals surface area contributed by atoms with Gasteiger partial charge in [-0.25, -0.2) is 4.79 Å². The molecule has 0 spiro atoms. The number of H-pyrrole nitrogens is 1. The van der Waals surface area contributed by atoms with E-state index < -0.39 is 30.6 Å². The molecule has 0 fully saturated rings. The molecular weight excluding hydrogens is 220 g/mol. The highest BCUT2D eigenvalue weighted by Gasteiger charge is 2.26. The van der Waals surface area contributed by atoms with Gasteiger partial charge in [0.15, 0.2) is 0 Å². The van der Waals surface area contributed by atoms with Gasteiger partial charge in [-0.2, -0.15) is 5.10 Å². The predicted molar refractivity (Wildman–Crippen MR) is 48.8 cm³/mol. The van der Waals surface area contributed by atoms with Gasteiger partial charge >= 0.3 is 11.9 Å². The fourth-order valence-corrected chi connectivity index (χ4v) is 1.19. The van der Waals surface area contributed by atoms with Crippen LogP contribution < -0.4 is 0 Å². The minimum atomic E-state index is -1.61. The summed E-state index contributed by atoms with van der Waals surface area (Å²) in [6.45, 7) is 0. The van der Waals surface area contributed by atoms with Crippen LogP contribution in [0, 0.1) is 0 Å². The molecule has 0 radical (unpaired) electrons. The highest BCUT2D eigenvalue weighted by molar-refractivity contribution is 5.87. The molecule has 0 aliphatic rings. The number of hydrogen-bond acceptors (Lipinski definition) is 5. The monoisotopic (exact) mass is 230 g/mol. The maximum atomic E-state index is 10.7. The molecular formula is C8H10N2O6. The van der Waals surface area contributed by atoms with E-state index >= 15 is 0 Å². The van der Waals surface area contributed by atoms with Crippen molar-refractivity contribution in [3.8, 4) is 0 Å². The normalized spacial score (nSPS) is 14.4. The Balaban J connectivity index is 2.87. The standard InChI is InChI=1S/C8H10N2O6/c11-4(1-5(12)13)7(14)3-2-9-10-6(3)8(15)16/h2,4,7,11,14H,1H2,(H,9,10)(H,12,13)(H,15,16). The fraction of sp³-hybridized carbons (Fsp3) is 0.375. The maximum absolute atomic E-state index is 10.7. The Labute approximate surface area is 89.2 Å². The molecule has 0 aromatic carbocycles. The summed E-state index contributed by atoms with van der Waals surface area (Å²) < 4.78 is 0. The first-order valence-electron chi connectivity index (χ1n) is 4.28. The number of rotatable bonds is 5. The van der Waals surface area contributed by atoms with Gasteiger partial charge in [-0.05, 0) is 0 Å². The Morgan fingerprint density at radius 3 is 2.50 bits per heavy atom. The molecule has 0 saturated carbocycles. The molecule has 1 aromatic rings. The lowest BCUT2D eigenvalue weighted by molar-refractivity contribution is -0.141. The van der Waals surface area contributed by atoms with Gasteiger partial charge in [-0.3, -0.25) is 9.89 Å². The summed E-state index contributed by atoms with van der Waals surface area (Å²) in [5, 5.41) is 41.4. The number of carboxylic acid groups (broad SMARTS) is 2. The molecule has 1 aromatic heterocycles. The Bertz CT molecular complexity index is 401. The van der Waals surface area contributed by atoms with E-state index in [-0.39, 0.29) is 11.3 Å². The van der Waals surface area contributed by atoms with Crippen LogP contribution in [0.1, 0.15) is 28.6 Å². The molecule has 2 unspecified atom stereocenters. The number of carboxylic acids is 2. The van der Waals surface area contributed by atoms with Crippen LogP contribution in [0.2, 0.25) is 0 Å². The van der Waals surface area contributed by atoms with Crippen molar-refractivity contribution in [1.82, 2.24) is 10.2 Å². The molecule has 0 bridgehead atoms. The lowest BCUT2D eigenvalue weighted by Crippen LogP contribution is -2.23. The quantitative estimate of drug-likeness (QED) is 0.435. The summed E-state index contributed by atoms with van der Waals surface area (Å²) >= 11 is 0. The van der Waals surface area contributed by atoms with E-state index in [9.17, 15) is 19.8 Å². The summed E-state index contributed by atoms with van der Waals surface area (Å²) in [7, 11) is 0. The van der Waals surface area contributed by atoms with Crippen molar-refractivity contribution in [2.24, 2.45) is 0 Å². The van der Waals surface area contributed by atoms with Crippen molar-refractivity contribution >= 4 is 11.9 Å². The number of aliphatic hydroxyl groups is 2. The molecule has 5 N–H and O–H groups in total. The Kier molecular flexibility index (Phi) is 3.59. The van der Waals surface area contributed by atoms with Crippen LogP contribution in [0.5, 0.6) is 0 Å². The molecule has 16 heavy (non-hydrogen) atoms. The first-order valence-corrected chi connectivity index (χ1v) is 4.28. The molecule has 1 rings (SSSR count). The van der Waals surface area contributed by atoms with Gasteiger partial charge in [-0.15, -0.1) is 0 Å². The van der Waals surface area contributed by atoms with E-state index in [1.165, 1.54) is 0 Å². The second-order valence-electron chi connectivity index (χ2n) is 3.12. The largest absolute Gasteiger partial charge is 0.481 e. The van der Waals surface area contributed by atoms with Crippen molar-refractivity contribution in [3.63, 3.8) is 0 Å². The smallest absolute Gasteiger partial charge is 0.354 e. The molecule has 2 atom stereocenters. The topological polar surface area (TPSA) is 144 Å². The Morgan fingerprint density at radius 1 is 1.38 bits per heavy atom. The minimum Gasteiger partial charge on any atom is -0.481 e. The zero-order valence-corrected chi connectivity index (χ0v) is 7.99. The van der Waals surface area contributed by atoms with Crippen LogP contribution in [0.25, 0.3) is 0 Å². The second-order valence-corrected chi connectivity index (χ2v) is 3.12. The van der Waals surface area contributed by atoms with E-state index in [1.54, 1.807) is 0 Å². The average molecular weight is 230 g/mol. The summed E-state index contributed by atoms with van der Waals surface area (Å²) in [5.74, 6) is -2.65. The number of aliphatic carboxylic acids is 1. The predicted octanol–water partition coefficient (Wildman–Crippen LogP) is -1.02. The van der Waals surface area contributed by atoms with Gasteiger partial charge in [0.2, 0.25) is 0 Å². The number of aromatic amines is 1. The SMILES string of the molecule is O=C(O)CC(O)C(O)c1cn[nH]c1C(=O)O. The first-order chi connectivity index (χ1) is 7.43. The van der Waals surface area contributed by atoms with Gasteiger partial charge in [-0.1, -0.05) is 0 Å². The molecule has 0 saturated heterocycles. The Morgan fingerprint density at radius 2 is 2.00 bits per heavy atom. The highest BCUT2D eigenvalue weighted by atomic mass is 16.4. The molecule has 0 aliphatic heterocycles. The van der Waals surface area contributed by atoms with Gasteiger partial charge in [0.25, 0.3) is 0 Å². The van der Waals surface area contributed by atoms with Crippen molar-refractivity contribution < 1.29 is 30.0 Å². The first kappa shape index (κ1) is 12.1. The van der Waals surface area contributed by atoms with Crippen LogP contribution in [-0.2, 0) is 4.79 Å². The van der Waals surface area contributed by atoms with Crippen LogP contribution in [0.4, 0.5) is 0 Å². The van der Waals surface area contributed by atoms with Crippen LogP contribution in [0.15, 0.2) is 6.20 Å². The van der Waals surface area contributed by atoms with Gasteiger partial charge in [0.05, 0.1) is 18.7 Å². The zero-order valence-electron chi connectivity index (χ0n) is 7.99. The van der Waals surface area contributed by atoms with E-state index in [2.05, 4.69) is 10.2 Å². The third-order valence-electron chi connectivity index (χ3n) is 1.95. The number of aromatic nitrogens is 2. The highest BCUT2D eigenvalue weighted by Crippen LogP contribution is 2.21. The molecule has 0 amide bonds. The van der Waals surface area contributed by atoms with Crippen molar-refractivity contribution in [1.29, 1.82) is 0 Å². The molecule has 1 heterocycles. The van der Waals surface area contributed by atoms with Gasteiger partial charge in [0.1, 0.15) is 11.8 Å². The third-order valence-corrected chi connectivity index (χ3v) is 1.95. The van der Waals surface area contributed by atoms with Gasteiger partial charge in [0, 0.05) is 5.56 Å². The van der Waals surface area contributed by atoms with E-state index in [0.717, 1.165) is 6.20 Å². The van der Waals surface area contributed by atoms with Crippen LogP contribution in [-0.4, -0.2) is 48.7 Å². The molecule has 8 nitrogen and oxygen atoms in total. The maximum Gasteiger partial charge on any atom is 0.354 e. The number of nitrogens with zero attached hydrogens (tertiary/aromatic N) is 1. The second kappa shape index (κ2) is 4.73. The number of carbonyl (C=O) groups is 2. The van der Waals surface area contributed by atoms with Gasteiger partial charge < -0.3 is 20.4 Å². The number of hydrogen-bond donors (Lipinski definition) is 5. The number of aromatic carboxylic acids is 1. The lowest BCUT2D eigenvalue weighted by atomic mass is 10.0. The average Bonchev–Trinajstić information content (AvgIpc) is 2.63. The van der Waals surface area contributed by atoms with E-state index in [1.807, 2.05) is 0 Å². The number of nitrogens with one attached hydrogen (secondary N) is 1. The Hall–Kier alpha value is -1.93. The van der Waals surface area contributed by atoms with Crippen LogP contribution >= 0.6 is 0 Å². The summed E-state index contributed by atoms with van der Waals surface area (Å²) in [6, 6.07) is 0. The summed E-state index contributed by atoms with van der Waals surface area (Å²) in [4.78, 5) is 20.9. The molecule has 0 aliphatic carbocycles. The van der Waals surface area contributed by atoms with Crippen molar-refractivity contribution in [3.05, 3.63) is 17.5 Å². The third kappa shape index (κ3) is 2.55. The molecule has 88 valence electrons. The number of aliphatic hydroxyl groups excluding tert-OH is 2.